The maximum Gasteiger partial charge on any atom is 0.117 e. The molecule has 0 radical (unpaired) electrons. The Hall–Kier alpha value is -8.29. The largest absolute Gasteiger partial charge is 0.311 e. The molecule has 0 fully saturated rings. The molecule has 342 valence electrons. The van der Waals surface area contributed by atoms with Gasteiger partial charge in [0.25, 0.3) is 0 Å². The number of fused-ring (bicyclic) bond motifs is 8. The van der Waals surface area contributed by atoms with Crippen LogP contribution in [0.5, 0.6) is 0 Å². The van der Waals surface area contributed by atoms with Gasteiger partial charge in [0, 0.05) is 34.1 Å². The highest BCUT2D eigenvalue weighted by Crippen LogP contribution is 2.50. The fourth-order valence-electron chi connectivity index (χ4n) is 12.6. The standard InChI is InChI=1S/C68H52N2Si2/c1-71(2)63-31-13-9-27-59(63)69(60-28-10-14-32-64(60)71)51-38-40-56-57(43-51)67(50-24-17-23-48(42-50)49-36-35-45-19-5-6-21-47(45)41-49)55-39-37-52(44-58(55)68(56)54-26-18-22-46-20-7-8-25-53(46)54)70-61-29-11-15-33-65(61)72(3,4)66-34-16-12-30-62(66)70/h5-44H,1-4H3. The molecule has 0 spiro atoms. The summed E-state index contributed by atoms with van der Waals surface area (Å²) >= 11 is 0. The van der Waals surface area contributed by atoms with Crippen LogP contribution in [0.2, 0.25) is 26.2 Å². The first kappa shape index (κ1) is 42.6. The van der Waals surface area contributed by atoms with Crippen molar-refractivity contribution < 1.29 is 0 Å². The van der Waals surface area contributed by atoms with E-state index >= 15 is 0 Å². The van der Waals surface area contributed by atoms with Crippen LogP contribution in [0.4, 0.5) is 34.1 Å². The first-order chi connectivity index (χ1) is 35.2. The molecule has 2 nitrogen and oxygen atoms in total. The van der Waals surface area contributed by atoms with Gasteiger partial charge >= 0.3 is 0 Å². The lowest BCUT2D eigenvalue weighted by Crippen LogP contribution is -2.58. The zero-order chi connectivity index (χ0) is 48.3. The second kappa shape index (κ2) is 16.1. The zero-order valence-corrected chi connectivity index (χ0v) is 43.0. The molecular weight excluding hydrogens is 901 g/mol. The average Bonchev–Trinajstić information content (AvgIpc) is 3.42. The molecule has 0 unspecified atom stereocenters. The van der Waals surface area contributed by atoms with Crippen molar-refractivity contribution in [2.75, 3.05) is 9.80 Å². The third-order valence-corrected chi connectivity index (χ3v) is 23.2. The molecule has 14 rings (SSSR count). The Balaban J connectivity index is 1.10. The zero-order valence-electron chi connectivity index (χ0n) is 41.0. The Morgan fingerprint density at radius 3 is 1.28 bits per heavy atom. The highest BCUT2D eigenvalue weighted by Gasteiger charge is 2.40. The minimum absolute atomic E-state index is 1.16. The van der Waals surface area contributed by atoms with Gasteiger partial charge in [-0.05, 0) is 158 Å². The van der Waals surface area contributed by atoms with Crippen molar-refractivity contribution in [2.24, 2.45) is 0 Å². The third-order valence-electron chi connectivity index (χ3n) is 16.2. The van der Waals surface area contributed by atoms with E-state index < -0.39 is 16.1 Å². The minimum atomic E-state index is -2.01. The number of rotatable bonds is 5. The molecule has 0 aromatic heterocycles. The van der Waals surface area contributed by atoms with Gasteiger partial charge < -0.3 is 9.80 Å². The smallest absolute Gasteiger partial charge is 0.117 e. The molecular formula is C68H52N2Si2. The van der Waals surface area contributed by atoms with Crippen molar-refractivity contribution in [3.63, 3.8) is 0 Å². The molecule has 2 heterocycles. The molecule has 0 N–H and O–H groups in total. The summed E-state index contributed by atoms with van der Waals surface area (Å²) in [6, 6.07) is 91.8. The molecule has 4 heteroatoms. The van der Waals surface area contributed by atoms with E-state index in [9.17, 15) is 0 Å². The summed E-state index contributed by atoms with van der Waals surface area (Å²) in [5, 5.41) is 15.7. The van der Waals surface area contributed by atoms with Crippen LogP contribution in [-0.4, -0.2) is 16.1 Å². The number of nitrogens with zero attached hydrogens (tertiary/aromatic N) is 2. The lowest BCUT2D eigenvalue weighted by atomic mass is 9.83. The van der Waals surface area contributed by atoms with E-state index in [-0.39, 0.29) is 0 Å². The lowest BCUT2D eigenvalue weighted by molar-refractivity contribution is 1.29. The predicted octanol–water partition coefficient (Wildman–Crippen LogP) is 16.5. The predicted molar refractivity (Wildman–Crippen MR) is 316 cm³/mol. The molecule has 2 aliphatic heterocycles. The van der Waals surface area contributed by atoms with Crippen molar-refractivity contribution >= 4 is 114 Å². The monoisotopic (exact) mass is 952 g/mol. The Bertz CT molecular complexity index is 4100. The molecule has 0 bridgehead atoms. The summed E-state index contributed by atoms with van der Waals surface area (Å²) in [6.07, 6.45) is 0. The number of hydrogen-bond acceptors (Lipinski definition) is 2. The maximum absolute atomic E-state index is 2.54. The van der Waals surface area contributed by atoms with Crippen molar-refractivity contribution in [1.29, 1.82) is 0 Å². The second-order valence-electron chi connectivity index (χ2n) is 20.9. The summed E-state index contributed by atoms with van der Waals surface area (Å²) in [7, 11) is -4.02. The molecule has 0 amide bonds. The van der Waals surface area contributed by atoms with Gasteiger partial charge in [-0.3, -0.25) is 0 Å². The number of hydrogen-bond donors (Lipinski definition) is 0. The topological polar surface area (TPSA) is 6.48 Å². The fraction of sp³-hybridized carbons (Fsp3) is 0.0588. The number of para-hydroxylation sites is 4. The van der Waals surface area contributed by atoms with Crippen LogP contribution in [0, 0.1) is 0 Å². The molecule has 12 aromatic rings. The third kappa shape index (κ3) is 6.39. The minimum Gasteiger partial charge on any atom is -0.311 e. The van der Waals surface area contributed by atoms with Crippen LogP contribution in [-0.2, 0) is 0 Å². The van der Waals surface area contributed by atoms with E-state index in [4.69, 9.17) is 0 Å². The highest BCUT2D eigenvalue weighted by molar-refractivity contribution is 7.03. The fourth-order valence-corrected chi connectivity index (χ4v) is 18.6. The Labute approximate surface area is 423 Å². The number of benzene rings is 12. The van der Waals surface area contributed by atoms with Crippen LogP contribution in [0.15, 0.2) is 243 Å². The van der Waals surface area contributed by atoms with Crippen LogP contribution in [0.3, 0.4) is 0 Å². The summed E-state index contributed by atoms with van der Waals surface area (Å²) in [5.41, 5.74) is 14.8. The number of anilines is 6. The van der Waals surface area contributed by atoms with Crippen LogP contribution in [0.25, 0.3) is 76.5 Å². The van der Waals surface area contributed by atoms with E-state index in [0.29, 0.717) is 0 Å². The summed E-state index contributed by atoms with van der Waals surface area (Å²) in [6.45, 7) is 10.0. The quantitative estimate of drug-likeness (QED) is 0.125. The van der Waals surface area contributed by atoms with E-state index in [1.54, 1.807) is 0 Å². The van der Waals surface area contributed by atoms with Crippen LogP contribution in [0.1, 0.15) is 0 Å². The van der Waals surface area contributed by atoms with E-state index in [0.717, 1.165) is 11.4 Å². The van der Waals surface area contributed by atoms with Crippen molar-refractivity contribution in [3.05, 3.63) is 243 Å². The van der Waals surface area contributed by atoms with Crippen LogP contribution < -0.4 is 30.5 Å². The van der Waals surface area contributed by atoms with Gasteiger partial charge in [0.15, 0.2) is 0 Å². The Morgan fingerprint density at radius 2 is 0.694 bits per heavy atom. The van der Waals surface area contributed by atoms with E-state index in [2.05, 4.69) is 279 Å². The molecule has 72 heavy (non-hydrogen) atoms. The summed E-state index contributed by atoms with van der Waals surface area (Å²) < 4.78 is 0. The van der Waals surface area contributed by atoms with Gasteiger partial charge in [-0.2, -0.15) is 0 Å². The summed E-state index contributed by atoms with van der Waals surface area (Å²) in [4.78, 5) is 5.08. The van der Waals surface area contributed by atoms with Gasteiger partial charge in [0.05, 0.1) is 0 Å². The molecule has 0 aliphatic carbocycles. The van der Waals surface area contributed by atoms with Gasteiger partial charge in [-0.1, -0.05) is 208 Å². The SMILES string of the molecule is C[Si]1(C)c2ccccc2N(c2ccc3c(-c4cccc5ccccc45)c4cc(N5c6ccccc6[Si](C)(C)c6ccccc65)ccc4c(-c4cccc(-c5ccc6ccccc6c5)c4)c3c2)c2ccccc21. The molecule has 0 saturated carbocycles. The van der Waals surface area contributed by atoms with E-state index in [1.165, 1.54) is 120 Å². The van der Waals surface area contributed by atoms with E-state index in [1.807, 2.05) is 0 Å². The van der Waals surface area contributed by atoms with Crippen LogP contribution >= 0.6 is 0 Å². The molecule has 12 aromatic carbocycles. The Morgan fingerprint density at radius 1 is 0.264 bits per heavy atom. The van der Waals surface area contributed by atoms with Gasteiger partial charge in [0.1, 0.15) is 16.1 Å². The van der Waals surface area contributed by atoms with Crippen molar-refractivity contribution in [3.8, 4) is 33.4 Å². The van der Waals surface area contributed by atoms with Crippen molar-refractivity contribution in [2.45, 2.75) is 26.2 Å². The molecule has 0 saturated heterocycles. The Kier molecular flexibility index (Phi) is 9.54. The van der Waals surface area contributed by atoms with Gasteiger partial charge in [0.2, 0.25) is 0 Å². The lowest BCUT2D eigenvalue weighted by Gasteiger charge is -2.41. The van der Waals surface area contributed by atoms with Gasteiger partial charge in [-0.25, -0.2) is 0 Å². The summed E-state index contributed by atoms with van der Waals surface area (Å²) in [5.74, 6) is 0. The molecule has 0 atom stereocenters. The first-order valence-electron chi connectivity index (χ1n) is 25.3. The molecule has 2 aliphatic rings. The first-order valence-corrected chi connectivity index (χ1v) is 31.3. The maximum atomic E-state index is 2.54. The van der Waals surface area contributed by atoms with Gasteiger partial charge in [-0.15, -0.1) is 0 Å². The highest BCUT2D eigenvalue weighted by atomic mass is 28.3. The normalized spacial score (nSPS) is 14.3. The van der Waals surface area contributed by atoms with Crippen molar-refractivity contribution in [1.82, 2.24) is 0 Å². The average molecular weight is 953 g/mol. The second-order valence-corrected chi connectivity index (χ2v) is 29.5.